The van der Waals surface area contributed by atoms with Crippen LogP contribution in [0.25, 0.3) is 0 Å². The van der Waals surface area contributed by atoms with Crippen LogP contribution in [-0.4, -0.2) is 38.1 Å². The summed E-state index contributed by atoms with van der Waals surface area (Å²) in [5.41, 5.74) is 0.511. The standard InChI is InChI=1S/C17H36N2/c1-14(11-12-19(5)6)18-13-15-7-9-16(10-8-15)17(2,3)4/h14-16,18H,7-13H2,1-6H3. The van der Waals surface area contributed by atoms with E-state index in [9.17, 15) is 0 Å². The molecule has 0 aromatic rings. The van der Waals surface area contributed by atoms with E-state index < -0.39 is 0 Å². The van der Waals surface area contributed by atoms with Crippen molar-refractivity contribution in [3.05, 3.63) is 0 Å². The predicted octanol–water partition coefficient (Wildman–Crippen LogP) is 3.77. The summed E-state index contributed by atoms with van der Waals surface area (Å²) in [6.45, 7) is 11.9. The molecule has 0 aliphatic heterocycles. The van der Waals surface area contributed by atoms with Gasteiger partial charge in [0.2, 0.25) is 0 Å². The molecular weight excluding hydrogens is 232 g/mol. The fourth-order valence-electron chi connectivity index (χ4n) is 3.15. The molecule has 1 N–H and O–H groups in total. The zero-order valence-corrected chi connectivity index (χ0v) is 14.1. The van der Waals surface area contributed by atoms with Crippen LogP contribution in [0.5, 0.6) is 0 Å². The van der Waals surface area contributed by atoms with Gasteiger partial charge in [-0.25, -0.2) is 0 Å². The van der Waals surface area contributed by atoms with Gasteiger partial charge in [-0.3, -0.25) is 0 Å². The van der Waals surface area contributed by atoms with Crippen molar-refractivity contribution in [1.82, 2.24) is 10.2 Å². The second-order valence-corrected chi connectivity index (χ2v) is 7.98. The third-order valence-electron chi connectivity index (χ3n) is 4.84. The van der Waals surface area contributed by atoms with Crippen molar-refractivity contribution in [2.75, 3.05) is 27.2 Å². The maximum atomic E-state index is 3.73. The van der Waals surface area contributed by atoms with Crippen LogP contribution in [0, 0.1) is 17.3 Å². The van der Waals surface area contributed by atoms with Crippen LogP contribution >= 0.6 is 0 Å². The van der Waals surface area contributed by atoms with Crippen molar-refractivity contribution in [3.8, 4) is 0 Å². The van der Waals surface area contributed by atoms with E-state index in [0.29, 0.717) is 11.5 Å². The van der Waals surface area contributed by atoms with Crippen molar-refractivity contribution in [1.29, 1.82) is 0 Å². The molecule has 0 saturated heterocycles. The van der Waals surface area contributed by atoms with E-state index in [-0.39, 0.29) is 0 Å². The highest BCUT2D eigenvalue weighted by molar-refractivity contribution is 4.81. The van der Waals surface area contributed by atoms with Gasteiger partial charge in [-0.2, -0.15) is 0 Å². The Morgan fingerprint density at radius 3 is 2.16 bits per heavy atom. The van der Waals surface area contributed by atoms with E-state index >= 15 is 0 Å². The summed E-state index contributed by atoms with van der Waals surface area (Å²) in [7, 11) is 4.31. The maximum Gasteiger partial charge on any atom is 0.00510 e. The molecule has 1 fully saturated rings. The van der Waals surface area contributed by atoms with Gasteiger partial charge in [0.05, 0.1) is 0 Å². The molecule has 2 heteroatoms. The Morgan fingerprint density at radius 2 is 1.68 bits per heavy atom. The Labute approximate surface area is 121 Å². The second-order valence-electron chi connectivity index (χ2n) is 7.98. The first-order chi connectivity index (χ1) is 8.79. The SMILES string of the molecule is CC(CCN(C)C)NCC1CCC(C(C)(C)C)CC1. The lowest BCUT2D eigenvalue weighted by Crippen LogP contribution is -2.35. The molecule has 0 aromatic carbocycles. The van der Waals surface area contributed by atoms with Crippen LogP contribution in [0.4, 0.5) is 0 Å². The Kier molecular flexibility index (Phi) is 6.82. The summed E-state index contributed by atoms with van der Waals surface area (Å²) >= 11 is 0. The molecule has 2 nitrogen and oxygen atoms in total. The molecule has 0 amide bonds. The molecule has 0 bridgehead atoms. The van der Waals surface area contributed by atoms with Crippen LogP contribution in [0.15, 0.2) is 0 Å². The van der Waals surface area contributed by atoms with E-state index in [0.717, 1.165) is 11.8 Å². The molecule has 1 unspecified atom stereocenters. The van der Waals surface area contributed by atoms with E-state index in [1.807, 2.05) is 0 Å². The van der Waals surface area contributed by atoms with Crippen molar-refractivity contribution in [2.24, 2.45) is 17.3 Å². The largest absolute Gasteiger partial charge is 0.314 e. The van der Waals surface area contributed by atoms with Gasteiger partial charge in [0.15, 0.2) is 0 Å². The highest BCUT2D eigenvalue weighted by Gasteiger charge is 2.29. The highest BCUT2D eigenvalue weighted by atomic mass is 15.1. The molecule has 0 aromatic heterocycles. The number of hydrogen-bond acceptors (Lipinski definition) is 2. The lowest BCUT2D eigenvalue weighted by molar-refractivity contribution is 0.147. The Balaban J connectivity index is 2.16. The third kappa shape index (κ3) is 6.76. The Bertz CT molecular complexity index is 234. The molecule has 1 aliphatic carbocycles. The zero-order chi connectivity index (χ0) is 14.5. The smallest absolute Gasteiger partial charge is 0.00510 e. The average molecular weight is 268 g/mol. The molecule has 114 valence electrons. The molecular formula is C17H36N2. The van der Waals surface area contributed by atoms with Crippen LogP contribution in [0.3, 0.4) is 0 Å². The first-order valence-electron chi connectivity index (χ1n) is 8.17. The van der Waals surface area contributed by atoms with Crippen LogP contribution in [-0.2, 0) is 0 Å². The molecule has 19 heavy (non-hydrogen) atoms. The van der Waals surface area contributed by atoms with Gasteiger partial charge in [0, 0.05) is 6.04 Å². The van der Waals surface area contributed by atoms with Crippen LogP contribution in [0.2, 0.25) is 0 Å². The van der Waals surface area contributed by atoms with Gasteiger partial charge in [0.1, 0.15) is 0 Å². The maximum absolute atomic E-state index is 3.73. The summed E-state index contributed by atoms with van der Waals surface area (Å²) in [4.78, 5) is 2.27. The molecule has 0 heterocycles. The zero-order valence-electron chi connectivity index (χ0n) is 14.1. The molecule has 0 spiro atoms. The number of nitrogens with one attached hydrogen (secondary N) is 1. The quantitative estimate of drug-likeness (QED) is 0.789. The Hall–Kier alpha value is -0.0800. The van der Waals surface area contributed by atoms with Gasteiger partial charge >= 0.3 is 0 Å². The molecule has 1 aliphatic rings. The summed E-state index contributed by atoms with van der Waals surface area (Å²) in [6.07, 6.45) is 6.97. The number of rotatable bonds is 6. The Morgan fingerprint density at radius 1 is 1.11 bits per heavy atom. The minimum Gasteiger partial charge on any atom is -0.314 e. The average Bonchev–Trinajstić information content (AvgIpc) is 2.33. The van der Waals surface area contributed by atoms with Gasteiger partial charge in [0.25, 0.3) is 0 Å². The normalized spacial score (nSPS) is 26.7. The first-order valence-corrected chi connectivity index (χ1v) is 8.17. The van der Waals surface area contributed by atoms with E-state index in [1.165, 1.54) is 45.2 Å². The number of nitrogens with zero attached hydrogens (tertiary/aromatic N) is 1. The summed E-state index contributed by atoms with van der Waals surface area (Å²) in [5, 5.41) is 3.73. The molecule has 1 rings (SSSR count). The van der Waals surface area contributed by atoms with Gasteiger partial charge in [-0.15, -0.1) is 0 Å². The fourth-order valence-corrected chi connectivity index (χ4v) is 3.15. The van der Waals surface area contributed by atoms with Crippen molar-refractivity contribution >= 4 is 0 Å². The lowest BCUT2D eigenvalue weighted by atomic mass is 9.70. The summed E-state index contributed by atoms with van der Waals surface area (Å²) < 4.78 is 0. The third-order valence-corrected chi connectivity index (χ3v) is 4.84. The minimum absolute atomic E-state index is 0.511. The monoisotopic (exact) mass is 268 g/mol. The second kappa shape index (κ2) is 7.64. The van der Waals surface area contributed by atoms with Crippen LogP contribution < -0.4 is 5.32 Å². The van der Waals surface area contributed by atoms with Gasteiger partial charge in [-0.05, 0) is 83.5 Å². The van der Waals surface area contributed by atoms with Gasteiger partial charge < -0.3 is 10.2 Å². The highest BCUT2D eigenvalue weighted by Crippen LogP contribution is 2.39. The topological polar surface area (TPSA) is 15.3 Å². The first kappa shape index (κ1) is 17.0. The van der Waals surface area contributed by atoms with Gasteiger partial charge in [-0.1, -0.05) is 20.8 Å². The summed E-state index contributed by atoms with van der Waals surface area (Å²) in [6, 6.07) is 0.655. The molecule has 1 atom stereocenters. The molecule has 1 saturated carbocycles. The summed E-state index contributed by atoms with van der Waals surface area (Å²) in [5.74, 6) is 1.86. The minimum atomic E-state index is 0.511. The fraction of sp³-hybridized carbons (Fsp3) is 1.00. The van der Waals surface area contributed by atoms with E-state index in [1.54, 1.807) is 0 Å². The lowest BCUT2D eigenvalue weighted by Gasteiger charge is -2.37. The van der Waals surface area contributed by atoms with Crippen molar-refractivity contribution in [2.45, 2.75) is 65.8 Å². The van der Waals surface area contributed by atoms with E-state index in [4.69, 9.17) is 0 Å². The predicted molar refractivity (Wildman–Crippen MR) is 85.5 cm³/mol. The molecule has 0 radical (unpaired) electrons. The van der Waals surface area contributed by atoms with Crippen LogP contribution in [0.1, 0.15) is 59.8 Å². The van der Waals surface area contributed by atoms with Crippen molar-refractivity contribution < 1.29 is 0 Å². The van der Waals surface area contributed by atoms with E-state index in [2.05, 4.69) is 52.0 Å². The van der Waals surface area contributed by atoms with Crippen molar-refractivity contribution in [3.63, 3.8) is 0 Å². The number of hydrogen-bond donors (Lipinski definition) is 1.